The van der Waals surface area contributed by atoms with E-state index in [9.17, 15) is 0 Å². The quantitative estimate of drug-likeness (QED) is 0.156. The molecule has 318 valence electrons. The summed E-state index contributed by atoms with van der Waals surface area (Å²) >= 11 is 0. The first kappa shape index (κ1) is 52.8. The molecule has 0 aliphatic rings. The second-order valence-corrected chi connectivity index (χ2v) is 23.3. The summed E-state index contributed by atoms with van der Waals surface area (Å²) in [5, 5.41) is 5.58. The highest BCUT2D eigenvalue weighted by molar-refractivity contribution is 6.76. The molecule has 9 rings (SSSR count). The van der Waals surface area contributed by atoms with Crippen LogP contribution in [0.4, 0.5) is 0 Å². The number of aromatic nitrogens is 2. The summed E-state index contributed by atoms with van der Waals surface area (Å²) in [7, 11) is 66.4. The first-order valence-corrected chi connectivity index (χ1v) is 26.8. The lowest BCUT2D eigenvalue weighted by molar-refractivity contribution is 1.21. The van der Waals surface area contributed by atoms with Gasteiger partial charge in [-0.3, -0.25) is 0 Å². The Morgan fingerprint density at radius 3 is 0.611 bits per heavy atom. The number of hydrogen-bond acceptors (Lipinski definition) is 0. The Kier molecular flexibility index (Phi) is 13.0. The molecule has 7 aromatic carbocycles. The van der Waals surface area contributed by atoms with Crippen LogP contribution in [0, 0.1) is 0 Å². The van der Waals surface area contributed by atoms with Crippen molar-refractivity contribution >= 4 is 416 Å². The Balaban J connectivity index is 1.58. The fourth-order valence-corrected chi connectivity index (χ4v) is 14.2. The summed E-state index contributed by atoms with van der Waals surface area (Å²) in [6.07, 6.45) is 0. The van der Waals surface area contributed by atoms with Crippen molar-refractivity contribution in [3.05, 3.63) is 0 Å². The molecule has 0 spiro atoms. The minimum absolute atomic E-state index is 1.33. The summed E-state index contributed by atoms with van der Waals surface area (Å²) in [6, 6.07) is 0. The number of nitrogens with zero attached hydrogens (tertiary/aromatic N) is 2. The van der Waals surface area contributed by atoms with Gasteiger partial charge in [-0.05, 0) is 22.3 Å². The van der Waals surface area contributed by atoms with Crippen molar-refractivity contribution in [3.63, 3.8) is 0 Å². The normalized spacial score (nSPS) is 11.8. The van der Waals surface area contributed by atoms with Gasteiger partial charge in [0.1, 0.15) is 220 Å². The zero-order valence-electron chi connectivity index (χ0n) is 49.9. The van der Waals surface area contributed by atoms with Crippen LogP contribution in [-0.4, -0.2) is 229 Å². The highest BCUT2D eigenvalue weighted by atomic mass is 15.0. The van der Waals surface area contributed by atoms with Gasteiger partial charge in [-0.15, -0.1) is 43.7 Å². The minimum atomic E-state index is 1.33. The molecular formula is C42H56B28N2. The van der Waals surface area contributed by atoms with Crippen molar-refractivity contribution < 1.29 is 0 Å². The fourth-order valence-electron chi connectivity index (χ4n) is 14.2. The van der Waals surface area contributed by atoms with Gasteiger partial charge in [0.05, 0.1) is 0 Å². The van der Waals surface area contributed by atoms with Crippen LogP contribution < -0.4 is 153 Å². The second-order valence-electron chi connectivity index (χ2n) is 23.3. The molecule has 0 saturated carbocycles. The number of hydrogen-bond donors (Lipinski definition) is 0. The molecule has 0 amide bonds. The smallest absolute Gasteiger partial charge is 0.142 e. The Morgan fingerprint density at radius 2 is 0.306 bits per heavy atom. The molecule has 0 fully saturated rings. The lowest BCUT2D eigenvalue weighted by atomic mass is 9.56. The van der Waals surface area contributed by atoms with Crippen molar-refractivity contribution in [2.45, 2.75) is 0 Å². The minimum Gasteiger partial charge on any atom is -0.312 e. The van der Waals surface area contributed by atoms with Crippen LogP contribution in [0.5, 0.6) is 0 Å². The predicted molar refractivity (Wildman–Crippen MR) is 415 cm³/mol. The van der Waals surface area contributed by atoms with E-state index in [1.165, 1.54) is 230 Å². The lowest BCUT2D eigenvalue weighted by Crippen LogP contribution is -2.57. The van der Waals surface area contributed by atoms with Gasteiger partial charge < -0.3 is 9.13 Å². The molecule has 0 N–H and O–H groups in total. The maximum Gasteiger partial charge on any atom is 0.142 e. The van der Waals surface area contributed by atoms with E-state index in [2.05, 4.69) is 229 Å². The van der Waals surface area contributed by atoms with Crippen LogP contribution in [0.1, 0.15) is 0 Å². The third-order valence-electron chi connectivity index (χ3n) is 20.8. The number of rotatable bonds is 4. The van der Waals surface area contributed by atoms with E-state index in [1.807, 2.05) is 0 Å². The van der Waals surface area contributed by atoms with Crippen LogP contribution in [0.25, 0.3) is 77.2 Å². The monoisotopic (exact) mass is 897 g/mol. The molecule has 9 aromatic rings. The number of fused-ring (bicyclic) bond motifs is 7. The third kappa shape index (κ3) is 6.69. The van der Waals surface area contributed by atoms with Crippen molar-refractivity contribution in [2.75, 3.05) is 0 Å². The molecular weight excluding hydrogens is 835 g/mol. The summed E-state index contributed by atoms with van der Waals surface area (Å²) in [6.45, 7) is 0. The summed E-state index contributed by atoms with van der Waals surface area (Å²) in [5.74, 6) is 0. The van der Waals surface area contributed by atoms with E-state index < -0.39 is 0 Å². The topological polar surface area (TPSA) is 9.86 Å². The third-order valence-corrected chi connectivity index (χ3v) is 20.8. The van der Waals surface area contributed by atoms with Crippen LogP contribution in [0.15, 0.2) is 0 Å². The van der Waals surface area contributed by atoms with Gasteiger partial charge in [0.2, 0.25) is 0 Å². The van der Waals surface area contributed by atoms with Gasteiger partial charge in [-0.1, -0.05) is 109 Å². The molecule has 72 heavy (non-hydrogen) atoms. The fraction of sp³-hybridized carbons (Fsp3) is 0. The van der Waals surface area contributed by atoms with E-state index >= 15 is 0 Å². The molecule has 2 heterocycles. The summed E-state index contributed by atoms with van der Waals surface area (Å²) in [5.41, 5.74) is 52.4. The van der Waals surface area contributed by atoms with E-state index in [0.717, 1.165) is 0 Å². The average molecular weight is 892 g/mol. The van der Waals surface area contributed by atoms with Crippen molar-refractivity contribution in [1.82, 2.24) is 9.13 Å². The Hall–Kier alpha value is -4.04. The Bertz CT molecular complexity index is 3990. The molecule has 0 bridgehead atoms. The first-order chi connectivity index (χ1) is 33.5. The van der Waals surface area contributed by atoms with Crippen LogP contribution >= 0.6 is 0 Å². The Morgan fingerprint density at radius 1 is 0.139 bits per heavy atom. The maximum absolute atomic E-state index is 2.78. The molecule has 0 aliphatic heterocycles. The van der Waals surface area contributed by atoms with E-state index in [0.29, 0.717) is 0 Å². The first-order valence-electron chi connectivity index (χ1n) is 26.8. The number of benzene rings is 7. The summed E-state index contributed by atoms with van der Waals surface area (Å²) < 4.78 is 5.55. The SMILES string of the molecule is Bc1c(B)c(B)c(-c2c(B)c(B)c(-n3c4c(B)c(B)c(B)c(B)c4c4c5c6c(B)c(B)c(B)c(B)c6n(-c6c(B)c(B)c(B)c(-c7c(B)c(B)c(B)c(B)c7B)c6B)c5c(B)c(B)c43)c(B)c2B)c(B)c1B. The summed E-state index contributed by atoms with van der Waals surface area (Å²) in [4.78, 5) is 0. The molecule has 0 radical (unpaired) electrons. The molecule has 30 heteroatoms. The van der Waals surface area contributed by atoms with Gasteiger partial charge in [-0.25, -0.2) is 0 Å². The molecule has 0 aliphatic carbocycles. The highest BCUT2D eigenvalue weighted by Gasteiger charge is 2.32. The van der Waals surface area contributed by atoms with E-state index in [-0.39, 0.29) is 0 Å². The van der Waals surface area contributed by atoms with E-state index in [4.69, 9.17) is 0 Å². The largest absolute Gasteiger partial charge is 0.312 e. The highest BCUT2D eigenvalue weighted by Crippen LogP contribution is 2.38. The zero-order chi connectivity index (χ0) is 53.4. The molecule has 2 nitrogen and oxygen atoms in total. The molecule has 0 unspecified atom stereocenters. The van der Waals surface area contributed by atoms with Gasteiger partial charge in [-0.2, -0.15) is 0 Å². The second kappa shape index (κ2) is 17.8. The van der Waals surface area contributed by atoms with Gasteiger partial charge in [0, 0.05) is 55.0 Å². The standard InChI is InChI=1S/C42H56B28N2/c43-9-3(10(44)20(54)26(60)19(9)53)4-14(48)30(64)42(31(65)15(4)49)72-38-2(8-17(51)24(58)29(63)33(67)40(8)72)1-7-16(50)23(57)28(62)32(66)39(7)71(37(1)35(69)36(38)70)41-18(52)6(13(47)25(59)34(41)68)5-11(45)21(55)27(61)22(56)12(5)46/h43-70H2. The Labute approximate surface area is 455 Å². The van der Waals surface area contributed by atoms with Gasteiger partial charge >= 0.3 is 0 Å². The molecule has 0 atom stereocenters. The zero-order valence-corrected chi connectivity index (χ0v) is 49.9. The maximum atomic E-state index is 2.78. The predicted octanol–water partition coefficient (Wildman–Crippen LogP) is -37.6. The van der Waals surface area contributed by atoms with Gasteiger partial charge in [0.25, 0.3) is 0 Å². The molecule has 0 saturated heterocycles. The van der Waals surface area contributed by atoms with Crippen LogP contribution in [0.2, 0.25) is 0 Å². The van der Waals surface area contributed by atoms with Crippen molar-refractivity contribution in [3.8, 4) is 33.6 Å². The van der Waals surface area contributed by atoms with Gasteiger partial charge in [0.15, 0.2) is 0 Å². The van der Waals surface area contributed by atoms with Crippen LogP contribution in [-0.2, 0) is 0 Å². The lowest BCUT2D eigenvalue weighted by Gasteiger charge is -2.29. The van der Waals surface area contributed by atoms with E-state index in [1.54, 1.807) is 0 Å². The molecule has 2 aromatic heterocycles. The van der Waals surface area contributed by atoms with Crippen LogP contribution in [0.3, 0.4) is 0 Å². The average Bonchev–Trinajstić information content (AvgIpc) is 3.88. The van der Waals surface area contributed by atoms with Crippen molar-refractivity contribution in [1.29, 1.82) is 0 Å². The van der Waals surface area contributed by atoms with Crippen molar-refractivity contribution in [2.24, 2.45) is 0 Å².